The van der Waals surface area contributed by atoms with Crippen LogP contribution in [0.2, 0.25) is 0 Å². The van der Waals surface area contributed by atoms with E-state index in [4.69, 9.17) is 37.9 Å². The second kappa shape index (κ2) is 21.5. The summed E-state index contributed by atoms with van der Waals surface area (Å²) in [4.78, 5) is 61.9. The number of aromatic amines is 1. The fourth-order valence-corrected chi connectivity index (χ4v) is 12.5. The van der Waals surface area contributed by atoms with Gasteiger partial charge in [-0.3, -0.25) is 14.4 Å². The SMILES string of the molecule is CC[C@H]1OC(=O)[C@H](C)[C@@H](O[C@H]2C[C@@](C)(OC)[C@@H](O)[C@@H](C)O2)[C@H](C)[C@@H](O[C@@H]2O[C@H](C)C[C@H](N(C)C)[C@H]2O)[C@](C)(OC)C[C@@H](C)C(=O)[C@@H](C)C2C(SCCNc3ncnc4nc[nH]c34)C(=O)O[C@@]21C. The number of likely N-dealkylation sites (N-methyl/N-ethyl adjacent to an activating group) is 1. The number of esters is 2. The van der Waals surface area contributed by atoms with Crippen LogP contribution in [0.15, 0.2) is 12.7 Å². The first kappa shape index (κ1) is 53.3. The number of cyclic esters (lactones) is 1. The number of nitrogens with one attached hydrogen (secondary N) is 2. The fourth-order valence-electron chi connectivity index (χ4n) is 11.2. The summed E-state index contributed by atoms with van der Waals surface area (Å²) in [5.41, 5.74) is -2.54. The van der Waals surface area contributed by atoms with Crippen molar-refractivity contribution < 1.29 is 62.5 Å². The topological polar surface area (TPSA) is 235 Å². The highest BCUT2D eigenvalue weighted by Crippen LogP contribution is 2.49. The van der Waals surface area contributed by atoms with Crippen molar-refractivity contribution in [2.75, 3.05) is 45.9 Å². The Kier molecular flexibility index (Phi) is 17.1. The van der Waals surface area contributed by atoms with Crippen molar-refractivity contribution in [2.24, 2.45) is 29.6 Å². The Hall–Kier alpha value is -3.05. The summed E-state index contributed by atoms with van der Waals surface area (Å²) in [7, 11) is 6.85. The number of methoxy groups -OCH3 is 2. The first-order valence-electron chi connectivity index (χ1n) is 23.7. The van der Waals surface area contributed by atoms with Crippen molar-refractivity contribution in [3.8, 4) is 0 Å². The number of H-pyrrole nitrogens is 1. The average molecular weight is 965 g/mol. The molecule has 0 aliphatic carbocycles. The van der Waals surface area contributed by atoms with E-state index in [-0.39, 0.29) is 37.2 Å². The Bertz CT molecular complexity index is 2020. The van der Waals surface area contributed by atoms with E-state index in [9.17, 15) is 19.8 Å². The summed E-state index contributed by atoms with van der Waals surface area (Å²) >= 11 is 1.37. The predicted octanol–water partition coefficient (Wildman–Crippen LogP) is 4.14. The zero-order valence-electron chi connectivity index (χ0n) is 41.7. The molecule has 20 heteroatoms. The Morgan fingerprint density at radius 2 is 1.63 bits per heavy atom. The molecule has 0 saturated carbocycles. The minimum Gasteiger partial charge on any atom is -0.458 e. The molecule has 0 spiro atoms. The van der Waals surface area contributed by atoms with Gasteiger partial charge in [-0.1, -0.05) is 27.7 Å². The molecule has 378 valence electrons. The summed E-state index contributed by atoms with van der Waals surface area (Å²) in [6.07, 6.45) is -3.97. The third kappa shape index (κ3) is 10.8. The Balaban J connectivity index is 1.39. The van der Waals surface area contributed by atoms with Crippen LogP contribution in [0.4, 0.5) is 5.82 Å². The van der Waals surface area contributed by atoms with E-state index in [1.807, 2.05) is 60.5 Å². The molecule has 4 N–H and O–H groups in total. The number of carbonyl (C=O) groups excluding carboxylic acids is 3. The van der Waals surface area contributed by atoms with Crippen LogP contribution >= 0.6 is 11.8 Å². The lowest BCUT2D eigenvalue weighted by molar-refractivity contribution is -0.319. The van der Waals surface area contributed by atoms with E-state index >= 15 is 4.79 Å². The fraction of sp³-hybridized carbons (Fsp3) is 0.830. The van der Waals surface area contributed by atoms with Gasteiger partial charge in [0.2, 0.25) is 0 Å². The molecule has 19 nitrogen and oxygen atoms in total. The van der Waals surface area contributed by atoms with Crippen LogP contribution < -0.4 is 5.32 Å². The molecule has 2 aromatic rings. The summed E-state index contributed by atoms with van der Waals surface area (Å²) in [5, 5.41) is 25.5. The molecular formula is C47H76N6O13S. The van der Waals surface area contributed by atoms with Gasteiger partial charge in [-0.05, 0) is 74.9 Å². The molecule has 2 unspecified atom stereocenters. The number of hydrogen-bond donors (Lipinski definition) is 4. The van der Waals surface area contributed by atoms with Crippen LogP contribution in [-0.4, -0.2) is 177 Å². The predicted molar refractivity (Wildman–Crippen MR) is 249 cm³/mol. The average Bonchev–Trinajstić information content (AvgIpc) is 3.88. The smallest absolute Gasteiger partial charge is 0.320 e. The molecule has 4 fully saturated rings. The van der Waals surface area contributed by atoms with Gasteiger partial charge in [0.05, 0.1) is 47.9 Å². The number of ether oxygens (including phenoxy) is 8. The van der Waals surface area contributed by atoms with Crippen LogP contribution in [0.3, 0.4) is 0 Å². The van der Waals surface area contributed by atoms with Gasteiger partial charge in [0.15, 0.2) is 29.6 Å². The minimum absolute atomic E-state index is 0.122. The Morgan fingerprint density at radius 1 is 0.925 bits per heavy atom. The third-order valence-corrected chi connectivity index (χ3v) is 16.5. The number of Topliss-reactive ketones (excluding diaryl/α,β-unsaturated/α-hetero) is 1. The van der Waals surface area contributed by atoms with Crippen molar-refractivity contribution in [2.45, 2.75) is 178 Å². The lowest BCUT2D eigenvalue weighted by atomic mass is 9.70. The molecule has 0 aromatic carbocycles. The molecule has 6 rings (SSSR count). The molecule has 4 saturated heterocycles. The number of fused-ring (bicyclic) bond motifs is 2. The van der Waals surface area contributed by atoms with Gasteiger partial charge in [0.1, 0.15) is 41.2 Å². The highest BCUT2D eigenvalue weighted by molar-refractivity contribution is 8.00. The molecule has 2 aromatic heterocycles. The summed E-state index contributed by atoms with van der Waals surface area (Å²) in [6.45, 7) is 18.6. The molecule has 4 aliphatic heterocycles. The number of nitrogens with zero attached hydrogens (tertiary/aromatic N) is 4. The lowest BCUT2D eigenvalue weighted by Gasteiger charge is -2.50. The van der Waals surface area contributed by atoms with Crippen molar-refractivity contribution >= 4 is 46.5 Å². The number of aliphatic hydroxyl groups is 2. The molecule has 6 heterocycles. The van der Waals surface area contributed by atoms with Crippen LogP contribution in [0.1, 0.15) is 94.9 Å². The largest absolute Gasteiger partial charge is 0.458 e. The first-order chi connectivity index (χ1) is 31.5. The van der Waals surface area contributed by atoms with E-state index in [0.29, 0.717) is 35.7 Å². The highest BCUT2D eigenvalue weighted by atomic mass is 32.2. The molecule has 0 bridgehead atoms. The minimum atomic E-state index is -1.40. The standard InChI is InChI=1S/C47H76N6O13S/c1-15-30-47(10)32(37(43(58)66-47)67-17-16-48-40-33-41(50-21-49-33)52-22-51-40)25(4)34(54)23(2)19-46(9,60-14)39(65-44-35(55)29(53(11)12)18-24(3)61-44)26(5)36(27(6)42(57)63-30)64-31-20-45(8,59-13)38(56)28(7)62-31/h21-32,35-39,44,55-56H,15-20H2,1-14H3,(H2,48,49,50,51,52)/t23-,24-,25+,26+,27-,28-,29+,30-,31+,32?,35-,36+,37?,38+,39-,44+,45-,46-,47-/m1/s1. The van der Waals surface area contributed by atoms with Crippen molar-refractivity contribution in [3.05, 3.63) is 12.7 Å². The maximum atomic E-state index is 15.1. The Morgan fingerprint density at radius 3 is 2.28 bits per heavy atom. The van der Waals surface area contributed by atoms with E-state index in [1.165, 1.54) is 25.2 Å². The number of imidazole rings is 1. The van der Waals surface area contributed by atoms with Gasteiger partial charge in [-0.2, -0.15) is 0 Å². The van der Waals surface area contributed by atoms with Crippen LogP contribution in [-0.2, 0) is 52.3 Å². The summed E-state index contributed by atoms with van der Waals surface area (Å²) in [6, 6.07) is -0.299. The number of aromatic nitrogens is 4. The lowest BCUT2D eigenvalue weighted by Crippen LogP contribution is -2.61. The second-order valence-electron chi connectivity index (χ2n) is 20.1. The van der Waals surface area contributed by atoms with Gasteiger partial charge in [0.25, 0.3) is 0 Å². The van der Waals surface area contributed by atoms with E-state index in [2.05, 4.69) is 25.3 Å². The van der Waals surface area contributed by atoms with Crippen molar-refractivity contribution in [1.29, 1.82) is 0 Å². The van der Waals surface area contributed by atoms with Crippen molar-refractivity contribution in [1.82, 2.24) is 24.8 Å². The number of aliphatic hydroxyl groups excluding tert-OH is 2. The number of hydrogen-bond acceptors (Lipinski definition) is 19. The molecule has 0 radical (unpaired) electrons. The zero-order valence-corrected chi connectivity index (χ0v) is 42.5. The van der Waals surface area contributed by atoms with Gasteiger partial charge in [-0.25, -0.2) is 15.0 Å². The van der Waals surface area contributed by atoms with Crippen LogP contribution in [0.5, 0.6) is 0 Å². The number of anilines is 1. The van der Waals surface area contributed by atoms with Gasteiger partial charge >= 0.3 is 11.9 Å². The van der Waals surface area contributed by atoms with Gasteiger partial charge in [-0.15, -0.1) is 11.8 Å². The molecule has 4 aliphatic rings. The molecule has 19 atom stereocenters. The number of carbonyl (C=O) groups is 3. The van der Waals surface area contributed by atoms with E-state index in [1.54, 1.807) is 41.1 Å². The number of thioether (sulfide) groups is 1. The van der Waals surface area contributed by atoms with Crippen molar-refractivity contribution in [3.63, 3.8) is 0 Å². The molecule has 0 amide bonds. The maximum absolute atomic E-state index is 15.1. The van der Waals surface area contributed by atoms with E-state index in [0.717, 1.165) is 0 Å². The van der Waals surface area contributed by atoms with E-state index < -0.39 is 113 Å². The third-order valence-electron chi connectivity index (χ3n) is 15.2. The maximum Gasteiger partial charge on any atom is 0.320 e. The summed E-state index contributed by atoms with van der Waals surface area (Å²) < 4.78 is 51.7. The van der Waals surface area contributed by atoms with Gasteiger partial charge < -0.3 is 63.3 Å². The first-order valence-corrected chi connectivity index (χ1v) is 24.8. The van der Waals surface area contributed by atoms with Crippen LogP contribution in [0.25, 0.3) is 11.2 Å². The summed E-state index contributed by atoms with van der Waals surface area (Å²) in [5.74, 6) is -4.10. The zero-order chi connectivity index (χ0) is 49.3. The Labute approximate surface area is 399 Å². The molecule has 67 heavy (non-hydrogen) atoms. The number of rotatable bonds is 13. The number of ketones is 1. The normalized spacial score (nSPS) is 42.6. The van der Waals surface area contributed by atoms with Crippen LogP contribution in [0, 0.1) is 29.6 Å². The molecular weight excluding hydrogens is 889 g/mol. The van der Waals surface area contributed by atoms with Gasteiger partial charge in [0, 0.05) is 62.7 Å². The monoisotopic (exact) mass is 965 g/mol. The quantitative estimate of drug-likeness (QED) is 0.163. The highest BCUT2D eigenvalue weighted by Gasteiger charge is 2.62. The second-order valence-corrected chi connectivity index (χ2v) is 21.4.